The summed E-state index contributed by atoms with van der Waals surface area (Å²) in [5, 5.41) is 0. The standard InChI is InChI=1S/C20H23N3O6S/c1-13-10-16(14(2)23(13)8-9-28-3)17(24)12-29-19(25)11-21-20-15-6-4-5-7-18(15)30(26,27)22-20/h4-7,10H,8-9,11-12H2,1-3H3,(H,21,22). The summed E-state index contributed by atoms with van der Waals surface area (Å²) in [6.07, 6.45) is 0. The van der Waals surface area contributed by atoms with Gasteiger partial charge in [-0.25, -0.2) is 8.42 Å². The lowest BCUT2D eigenvalue weighted by molar-refractivity contribution is -0.140. The van der Waals surface area contributed by atoms with Gasteiger partial charge in [0.1, 0.15) is 12.4 Å². The van der Waals surface area contributed by atoms with Crippen molar-refractivity contribution in [2.24, 2.45) is 4.99 Å². The Bertz CT molecular complexity index is 1120. The average molecular weight is 433 g/mol. The molecule has 0 unspecified atom stereocenters. The lowest BCUT2D eigenvalue weighted by Crippen LogP contribution is -2.24. The van der Waals surface area contributed by atoms with Crippen LogP contribution in [0.3, 0.4) is 0 Å². The van der Waals surface area contributed by atoms with Gasteiger partial charge in [-0.3, -0.25) is 19.3 Å². The normalized spacial score (nSPS) is 15.6. The Morgan fingerprint density at radius 1 is 1.20 bits per heavy atom. The van der Waals surface area contributed by atoms with Crippen molar-refractivity contribution in [2.75, 3.05) is 26.9 Å². The van der Waals surface area contributed by atoms with E-state index < -0.39 is 29.1 Å². The molecule has 1 aromatic heterocycles. The number of carbonyl (C=O) groups is 2. The monoisotopic (exact) mass is 433 g/mol. The van der Waals surface area contributed by atoms with E-state index in [4.69, 9.17) is 9.47 Å². The number of hydrogen-bond donors (Lipinski definition) is 1. The van der Waals surface area contributed by atoms with Gasteiger partial charge in [0.15, 0.2) is 6.61 Å². The van der Waals surface area contributed by atoms with Crippen LogP contribution in [0.1, 0.15) is 27.3 Å². The van der Waals surface area contributed by atoms with Crippen molar-refractivity contribution >= 4 is 27.6 Å². The number of sulfonamides is 1. The minimum atomic E-state index is -3.68. The molecule has 10 heteroatoms. The van der Waals surface area contributed by atoms with E-state index >= 15 is 0 Å². The number of hydrogen-bond acceptors (Lipinski definition) is 7. The third-order valence-electron chi connectivity index (χ3n) is 4.79. The van der Waals surface area contributed by atoms with Crippen LogP contribution in [-0.2, 0) is 30.8 Å². The Morgan fingerprint density at radius 3 is 2.67 bits per heavy atom. The van der Waals surface area contributed by atoms with Gasteiger partial charge < -0.3 is 14.0 Å². The van der Waals surface area contributed by atoms with E-state index in [1.165, 1.54) is 6.07 Å². The van der Waals surface area contributed by atoms with Gasteiger partial charge in [-0.1, -0.05) is 12.1 Å². The minimum absolute atomic E-state index is 0.0792. The molecular weight excluding hydrogens is 410 g/mol. The molecule has 3 rings (SSSR count). The van der Waals surface area contributed by atoms with Crippen LogP contribution >= 0.6 is 0 Å². The Balaban J connectivity index is 1.61. The van der Waals surface area contributed by atoms with Crippen molar-refractivity contribution in [3.8, 4) is 0 Å². The molecule has 1 aliphatic heterocycles. The molecule has 0 aliphatic carbocycles. The predicted molar refractivity (Wildman–Crippen MR) is 109 cm³/mol. The van der Waals surface area contributed by atoms with Gasteiger partial charge in [-0.05, 0) is 32.0 Å². The lowest BCUT2D eigenvalue weighted by atomic mass is 10.1. The zero-order chi connectivity index (χ0) is 21.9. The van der Waals surface area contributed by atoms with Gasteiger partial charge in [0.2, 0.25) is 5.78 Å². The van der Waals surface area contributed by atoms with Crippen molar-refractivity contribution < 1.29 is 27.5 Å². The van der Waals surface area contributed by atoms with Crippen molar-refractivity contribution in [1.29, 1.82) is 0 Å². The number of Topliss-reactive ketones (excluding diaryl/α,β-unsaturated/α-hetero) is 1. The van der Waals surface area contributed by atoms with Crippen molar-refractivity contribution in [1.82, 2.24) is 9.29 Å². The average Bonchev–Trinajstić information content (AvgIpc) is 3.15. The smallest absolute Gasteiger partial charge is 0.328 e. The fraction of sp³-hybridized carbons (Fsp3) is 0.350. The maximum Gasteiger partial charge on any atom is 0.328 e. The number of methoxy groups -OCH3 is 1. The molecule has 0 amide bonds. The molecule has 9 nitrogen and oxygen atoms in total. The number of rotatable bonds is 8. The zero-order valence-electron chi connectivity index (χ0n) is 17.0. The molecule has 1 aromatic carbocycles. The quantitative estimate of drug-likeness (QED) is 0.494. The maximum atomic E-state index is 12.5. The Kier molecular flexibility index (Phi) is 6.37. The van der Waals surface area contributed by atoms with Gasteiger partial charge in [-0.2, -0.15) is 0 Å². The van der Waals surface area contributed by atoms with E-state index in [1.54, 1.807) is 31.4 Å². The van der Waals surface area contributed by atoms with E-state index in [9.17, 15) is 18.0 Å². The van der Waals surface area contributed by atoms with Crippen molar-refractivity contribution in [2.45, 2.75) is 25.3 Å². The Hall–Kier alpha value is -2.98. The zero-order valence-corrected chi connectivity index (χ0v) is 17.8. The number of benzene rings is 1. The first-order valence-electron chi connectivity index (χ1n) is 9.25. The molecule has 0 radical (unpaired) electrons. The fourth-order valence-electron chi connectivity index (χ4n) is 3.27. The van der Waals surface area contributed by atoms with E-state index in [1.807, 2.05) is 18.4 Å². The van der Waals surface area contributed by atoms with Gasteiger partial charge in [0.25, 0.3) is 10.0 Å². The molecule has 160 valence electrons. The second-order valence-electron chi connectivity index (χ2n) is 6.78. The molecule has 0 spiro atoms. The van der Waals surface area contributed by atoms with Crippen LogP contribution in [0.25, 0.3) is 0 Å². The van der Waals surface area contributed by atoms with Crippen molar-refractivity contribution in [3.05, 3.63) is 52.8 Å². The number of amidine groups is 1. The SMILES string of the molecule is COCCn1c(C)cc(C(=O)COC(=O)CN=C2NS(=O)(=O)c3ccccc32)c1C. The van der Waals surface area contributed by atoms with Gasteiger partial charge in [-0.15, -0.1) is 0 Å². The Labute approximate surface area is 174 Å². The molecule has 1 N–H and O–H groups in total. The summed E-state index contributed by atoms with van der Waals surface area (Å²) in [7, 11) is -2.07. The molecule has 0 saturated heterocycles. The highest BCUT2D eigenvalue weighted by atomic mass is 32.2. The van der Waals surface area contributed by atoms with Crippen LogP contribution in [0.4, 0.5) is 0 Å². The number of aliphatic imine (C=N–C) groups is 1. The highest BCUT2D eigenvalue weighted by Crippen LogP contribution is 2.22. The first-order chi connectivity index (χ1) is 14.2. The summed E-state index contributed by atoms with van der Waals surface area (Å²) in [5.74, 6) is -0.970. The molecule has 1 aliphatic rings. The number of nitrogens with one attached hydrogen (secondary N) is 1. The molecule has 2 aromatic rings. The van der Waals surface area contributed by atoms with Crippen molar-refractivity contribution in [3.63, 3.8) is 0 Å². The number of esters is 1. The van der Waals surface area contributed by atoms with Gasteiger partial charge in [0, 0.05) is 36.2 Å². The molecule has 0 saturated carbocycles. The summed E-state index contributed by atoms with van der Waals surface area (Å²) in [5.41, 5.74) is 2.57. The van der Waals surface area contributed by atoms with Crippen LogP contribution in [0.5, 0.6) is 0 Å². The van der Waals surface area contributed by atoms with E-state index in [-0.39, 0.29) is 16.5 Å². The molecular formula is C20H23N3O6S. The van der Waals surface area contributed by atoms with E-state index in [0.717, 1.165) is 11.4 Å². The minimum Gasteiger partial charge on any atom is -0.456 e. The fourth-order valence-corrected chi connectivity index (χ4v) is 4.53. The summed E-state index contributed by atoms with van der Waals surface area (Å²) in [6, 6.07) is 8.09. The maximum absolute atomic E-state index is 12.5. The summed E-state index contributed by atoms with van der Waals surface area (Å²) >= 11 is 0. The van der Waals surface area contributed by atoms with Crippen LogP contribution in [0.15, 0.2) is 40.2 Å². The highest BCUT2D eigenvalue weighted by molar-refractivity contribution is 7.90. The van der Waals surface area contributed by atoms with Crippen LogP contribution in [-0.4, -0.2) is 57.4 Å². The molecule has 0 fully saturated rings. The highest BCUT2D eigenvalue weighted by Gasteiger charge is 2.30. The second-order valence-corrected chi connectivity index (χ2v) is 8.43. The number of carbonyl (C=O) groups excluding carboxylic acids is 2. The third kappa shape index (κ3) is 4.44. The Morgan fingerprint density at radius 2 is 1.93 bits per heavy atom. The summed E-state index contributed by atoms with van der Waals surface area (Å²) in [6.45, 7) is 4.03. The number of nitrogens with zero attached hydrogens (tertiary/aromatic N) is 2. The number of ether oxygens (including phenoxy) is 2. The molecule has 2 heterocycles. The van der Waals surface area contributed by atoms with E-state index in [0.29, 0.717) is 24.3 Å². The first-order valence-corrected chi connectivity index (χ1v) is 10.7. The van der Waals surface area contributed by atoms with Gasteiger partial charge >= 0.3 is 5.97 Å². The first kappa shape index (κ1) is 21.7. The van der Waals surface area contributed by atoms with Crippen LogP contribution in [0.2, 0.25) is 0 Å². The third-order valence-corrected chi connectivity index (χ3v) is 6.18. The van der Waals surface area contributed by atoms with E-state index in [2.05, 4.69) is 9.71 Å². The largest absolute Gasteiger partial charge is 0.456 e. The number of aromatic nitrogens is 1. The van der Waals surface area contributed by atoms with Crippen LogP contribution < -0.4 is 4.72 Å². The second kappa shape index (κ2) is 8.80. The number of ketones is 1. The molecule has 30 heavy (non-hydrogen) atoms. The topological polar surface area (TPSA) is 116 Å². The number of aryl methyl sites for hydroxylation is 1. The predicted octanol–water partition coefficient (Wildman–Crippen LogP) is 1.22. The summed E-state index contributed by atoms with van der Waals surface area (Å²) in [4.78, 5) is 28.6. The summed E-state index contributed by atoms with van der Waals surface area (Å²) < 4.78 is 38.5. The molecule has 0 atom stereocenters. The van der Waals surface area contributed by atoms with Crippen LogP contribution in [0, 0.1) is 13.8 Å². The molecule has 0 bridgehead atoms. The van der Waals surface area contributed by atoms with Gasteiger partial charge in [0.05, 0.1) is 11.5 Å². The number of fused-ring (bicyclic) bond motifs is 1. The lowest BCUT2D eigenvalue weighted by Gasteiger charge is -2.09.